The number of likely N-dealkylation sites (tertiary alicyclic amines) is 1. The van der Waals surface area contributed by atoms with Gasteiger partial charge in [-0.05, 0) is 67.0 Å². The average Bonchev–Trinajstić information content (AvgIpc) is 3.11. The van der Waals surface area contributed by atoms with Crippen LogP contribution in [0.3, 0.4) is 0 Å². The van der Waals surface area contributed by atoms with Crippen molar-refractivity contribution in [2.45, 2.75) is 75.9 Å². The van der Waals surface area contributed by atoms with Crippen molar-refractivity contribution in [3.8, 4) is 5.75 Å². The fourth-order valence-corrected chi connectivity index (χ4v) is 7.15. The van der Waals surface area contributed by atoms with E-state index in [0.717, 1.165) is 85.7 Å². The number of halogens is 5. The highest BCUT2D eigenvalue weighted by Crippen LogP contribution is 2.36. The van der Waals surface area contributed by atoms with E-state index in [1.54, 1.807) is 0 Å². The van der Waals surface area contributed by atoms with E-state index in [9.17, 15) is 36.7 Å². The lowest BCUT2D eigenvalue weighted by atomic mass is 9.75. The third-order valence-corrected chi connectivity index (χ3v) is 10.1. The summed E-state index contributed by atoms with van der Waals surface area (Å²) in [6.45, 7) is 0.257. The maximum Gasteiger partial charge on any atom is 0.321 e. The van der Waals surface area contributed by atoms with E-state index in [1.807, 2.05) is 0 Å². The Morgan fingerprint density at radius 3 is 2.10 bits per heavy atom. The molecule has 1 aliphatic heterocycles. The van der Waals surface area contributed by atoms with Crippen LogP contribution < -0.4 is 4.74 Å². The lowest BCUT2D eigenvalue weighted by Crippen LogP contribution is -2.38. The first-order chi connectivity index (χ1) is 18.6. The highest BCUT2D eigenvalue weighted by Gasteiger charge is 2.41. The topological polar surface area (TPSA) is 80.8 Å². The Bertz CT molecular complexity index is 1110. The molecule has 4 rings (SSSR count). The van der Waals surface area contributed by atoms with Gasteiger partial charge in [-0.1, -0.05) is 25.7 Å². The lowest BCUT2D eigenvalue weighted by Gasteiger charge is -2.31. The van der Waals surface area contributed by atoms with Crippen molar-refractivity contribution in [1.82, 2.24) is 4.90 Å². The molecule has 39 heavy (non-hydrogen) atoms. The Morgan fingerprint density at radius 1 is 0.846 bits per heavy atom. The Labute approximate surface area is 242 Å². The predicted molar refractivity (Wildman–Crippen MR) is 144 cm³/mol. The first-order valence-corrected chi connectivity index (χ1v) is 15.4. The number of nitrogens with zero attached hydrogens (tertiary/aromatic N) is 1. The summed E-state index contributed by atoms with van der Waals surface area (Å²) in [6.07, 6.45) is 9.48. The molecule has 214 valence electrons. The summed E-state index contributed by atoms with van der Waals surface area (Å²) in [6, 6.07) is 0. The van der Waals surface area contributed by atoms with Crippen molar-refractivity contribution in [3.63, 3.8) is 0 Å². The molecule has 1 heterocycles. The van der Waals surface area contributed by atoms with E-state index in [-0.39, 0.29) is 36.6 Å². The van der Waals surface area contributed by atoms with Gasteiger partial charge in [0, 0.05) is 24.8 Å². The molecule has 0 bridgehead atoms. The molecule has 6 nitrogen and oxygen atoms in total. The van der Waals surface area contributed by atoms with E-state index < -0.39 is 55.5 Å². The molecule has 1 saturated heterocycles. The number of carbonyl (C=O) groups excluding carboxylic acids is 4. The Kier molecular flexibility index (Phi) is 10.3. The maximum atomic E-state index is 14.1. The summed E-state index contributed by atoms with van der Waals surface area (Å²) in [4.78, 5) is 51.8. The molecular weight excluding hydrogens is 653 g/mol. The van der Waals surface area contributed by atoms with Crippen LogP contribution in [-0.4, -0.2) is 46.0 Å². The molecule has 2 saturated carbocycles. The predicted octanol–water partition coefficient (Wildman–Crippen LogP) is 5.96. The van der Waals surface area contributed by atoms with Gasteiger partial charge in [0.2, 0.25) is 23.4 Å². The molecular formula is C27H30F4INO5S. The summed E-state index contributed by atoms with van der Waals surface area (Å²) in [5.74, 6) is -10.4. The molecule has 1 atom stereocenters. The minimum atomic E-state index is -1.97. The number of hydrogen-bond donors (Lipinski definition) is 0. The van der Waals surface area contributed by atoms with Crippen molar-refractivity contribution in [3.05, 3.63) is 26.8 Å². The zero-order chi connectivity index (χ0) is 28.3. The standard InChI is InChI=1S/C27H30F4INO5S/c28-20-21(29)24(32)23(31)26(22(20)30)38-19(35)13-39-17-11-18(34)33(27(17)37)12-14-7-9-16(10-8-14)25(36)15-5-3-1-2-4-6-15/h14-17H,1-13H2. The number of Topliss-reactive ketones (excluding diaryl/α,β-unsaturated/α-hetero) is 1. The summed E-state index contributed by atoms with van der Waals surface area (Å²) in [7, 11) is 0. The second kappa shape index (κ2) is 13.3. The molecule has 1 aromatic rings. The van der Waals surface area contributed by atoms with Crippen LogP contribution in [0.25, 0.3) is 0 Å². The van der Waals surface area contributed by atoms with Gasteiger partial charge in [-0.2, -0.15) is 4.39 Å². The molecule has 0 spiro atoms. The highest BCUT2D eigenvalue weighted by molar-refractivity contribution is 14.1. The normalized spacial score (nSPS) is 24.6. The molecule has 3 aliphatic rings. The molecule has 2 aliphatic carbocycles. The molecule has 12 heteroatoms. The number of benzene rings is 1. The number of ketones is 1. The zero-order valence-corrected chi connectivity index (χ0v) is 24.3. The fourth-order valence-electron chi connectivity index (χ4n) is 5.75. The van der Waals surface area contributed by atoms with Gasteiger partial charge in [0.1, 0.15) is 5.78 Å². The SMILES string of the molecule is O=C(CSC1CC(=O)N(CC2CCC(C(=O)C3CCCCCC3)CC2)C1=O)Oc1c(F)c(F)c(F)c(I)c1F. The number of ether oxygens (including phenoxy) is 1. The number of esters is 1. The number of imide groups is 1. The van der Waals surface area contributed by atoms with Crippen LogP contribution in [0.4, 0.5) is 17.6 Å². The second-order valence-electron chi connectivity index (χ2n) is 10.5. The van der Waals surface area contributed by atoms with Crippen molar-refractivity contribution in [1.29, 1.82) is 0 Å². The monoisotopic (exact) mass is 683 g/mol. The van der Waals surface area contributed by atoms with Gasteiger partial charge in [0.25, 0.3) is 0 Å². The van der Waals surface area contributed by atoms with Gasteiger partial charge in [0.15, 0.2) is 17.5 Å². The Hall–Kier alpha value is -1.70. The van der Waals surface area contributed by atoms with Gasteiger partial charge in [-0.15, -0.1) is 11.8 Å². The quantitative estimate of drug-likeness (QED) is 0.0492. The fraction of sp³-hybridized carbons (Fsp3) is 0.630. The van der Waals surface area contributed by atoms with Gasteiger partial charge in [-0.3, -0.25) is 24.1 Å². The zero-order valence-electron chi connectivity index (χ0n) is 21.3. The van der Waals surface area contributed by atoms with Crippen LogP contribution in [0.5, 0.6) is 5.75 Å². The first kappa shape index (κ1) is 30.3. The third kappa shape index (κ3) is 6.97. The maximum absolute atomic E-state index is 14.1. The van der Waals surface area contributed by atoms with Crippen molar-refractivity contribution in [2.24, 2.45) is 17.8 Å². The van der Waals surface area contributed by atoms with E-state index in [2.05, 4.69) is 4.74 Å². The van der Waals surface area contributed by atoms with Crippen LogP contribution in [0.2, 0.25) is 0 Å². The summed E-state index contributed by atoms with van der Waals surface area (Å²) < 4.78 is 58.8. The molecule has 0 N–H and O–H groups in total. The number of carbonyl (C=O) groups is 4. The molecule has 3 fully saturated rings. The van der Waals surface area contributed by atoms with Gasteiger partial charge in [-0.25, -0.2) is 13.2 Å². The molecule has 2 amide bonds. The van der Waals surface area contributed by atoms with Gasteiger partial charge < -0.3 is 4.74 Å². The van der Waals surface area contributed by atoms with E-state index in [1.165, 1.54) is 17.7 Å². The summed E-state index contributed by atoms with van der Waals surface area (Å²) in [5.41, 5.74) is 0. The van der Waals surface area contributed by atoms with Crippen LogP contribution in [0.1, 0.15) is 70.6 Å². The Balaban J connectivity index is 1.25. The van der Waals surface area contributed by atoms with E-state index in [4.69, 9.17) is 0 Å². The molecule has 0 aromatic heterocycles. The van der Waals surface area contributed by atoms with Crippen LogP contribution in [-0.2, 0) is 19.2 Å². The van der Waals surface area contributed by atoms with Crippen LogP contribution in [0.15, 0.2) is 0 Å². The summed E-state index contributed by atoms with van der Waals surface area (Å²) in [5, 5.41) is -0.863. The minimum Gasteiger partial charge on any atom is -0.419 e. The number of rotatable bonds is 8. The molecule has 1 aromatic carbocycles. The molecule has 0 radical (unpaired) electrons. The number of amides is 2. The summed E-state index contributed by atoms with van der Waals surface area (Å²) >= 11 is 1.91. The second-order valence-corrected chi connectivity index (χ2v) is 12.8. The first-order valence-electron chi connectivity index (χ1n) is 13.3. The van der Waals surface area contributed by atoms with Gasteiger partial charge in [0.05, 0.1) is 14.6 Å². The smallest absolute Gasteiger partial charge is 0.321 e. The third-order valence-electron chi connectivity index (χ3n) is 7.94. The Morgan fingerprint density at radius 2 is 1.46 bits per heavy atom. The van der Waals surface area contributed by atoms with Crippen molar-refractivity contribution < 1.29 is 41.5 Å². The van der Waals surface area contributed by atoms with E-state index in [0.29, 0.717) is 5.78 Å². The van der Waals surface area contributed by atoms with Crippen molar-refractivity contribution in [2.75, 3.05) is 12.3 Å². The van der Waals surface area contributed by atoms with E-state index >= 15 is 0 Å². The van der Waals surface area contributed by atoms with Gasteiger partial charge >= 0.3 is 5.97 Å². The highest BCUT2D eigenvalue weighted by atomic mass is 127. The number of thioether (sulfide) groups is 1. The van der Waals surface area contributed by atoms with Crippen LogP contribution >= 0.6 is 34.4 Å². The lowest BCUT2D eigenvalue weighted by molar-refractivity contribution is -0.139. The average molecular weight is 684 g/mol. The van der Waals surface area contributed by atoms with Crippen LogP contribution in [0, 0.1) is 44.6 Å². The minimum absolute atomic E-state index is 0.0520. The van der Waals surface area contributed by atoms with Crippen molar-refractivity contribution >= 4 is 57.9 Å². The largest absolute Gasteiger partial charge is 0.419 e. The number of hydrogen-bond acceptors (Lipinski definition) is 6. The molecule has 1 unspecified atom stereocenters.